The summed E-state index contributed by atoms with van der Waals surface area (Å²) in [4.78, 5) is 25.7. The monoisotopic (exact) mass is 262 g/mol. The molecule has 1 aliphatic carbocycles. The second-order valence-corrected chi connectivity index (χ2v) is 5.19. The van der Waals surface area contributed by atoms with Crippen LogP contribution in [0.2, 0.25) is 0 Å². The van der Waals surface area contributed by atoms with Crippen LogP contribution in [0, 0.1) is 5.82 Å². The van der Waals surface area contributed by atoms with E-state index < -0.39 is 11.6 Å². The summed E-state index contributed by atoms with van der Waals surface area (Å²) in [7, 11) is 0. The number of anilines is 1. The summed E-state index contributed by atoms with van der Waals surface area (Å²) in [5.41, 5.74) is -0.310. The number of hydrogen-bond donors (Lipinski definition) is 1. The summed E-state index contributed by atoms with van der Waals surface area (Å²) in [6, 6.07) is 5.01. The molecule has 19 heavy (non-hydrogen) atoms. The molecule has 1 aliphatic heterocycles. The van der Waals surface area contributed by atoms with Crippen molar-refractivity contribution in [2.45, 2.75) is 37.6 Å². The fourth-order valence-electron chi connectivity index (χ4n) is 2.94. The number of rotatable bonds is 1. The van der Waals surface area contributed by atoms with Crippen LogP contribution in [-0.4, -0.2) is 17.5 Å². The highest BCUT2D eigenvalue weighted by Crippen LogP contribution is 2.35. The molecule has 1 aromatic rings. The fraction of sp³-hybridized carbons (Fsp3) is 0.429. The molecule has 1 N–H and O–H groups in total. The molecule has 0 atom stereocenters. The molecule has 0 unspecified atom stereocenters. The molecule has 2 fully saturated rings. The van der Waals surface area contributed by atoms with Crippen LogP contribution in [-0.2, 0) is 4.79 Å². The van der Waals surface area contributed by atoms with Crippen LogP contribution in [0.15, 0.2) is 24.3 Å². The van der Waals surface area contributed by atoms with Gasteiger partial charge in [0, 0.05) is 0 Å². The van der Waals surface area contributed by atoms with E-state index in [0.717, 1.165) is 24.2 Å². The number of halogens is 1. The van der Waals surface area contributed by atoms with Gasteiger partial charge >= 0.3 is 6.03 Å². The van der Waals surface area contributed by atoms with Crippen molar-refractivity contribution in [3.05, 3.63) is 30.1 Å². The number of benzene rings is 1. The van der Waals surface area contributed by atoms with E-state index in [0.29, 0.717) is 18.5 Å². The Morgan fingerprint density at radius 2 is 1.68 bits per heavy atom. The fourth-order valence-corrected chi connectivity index (χ4v) is 2.94. The molecule has 0 radical (unpaired) electrons. The molecule has 0 aromatic heterocycles. The first kappa shape index (κ1) is 12.1. The van der Waals surface area contributed by atoms with E-state index in [9.17, 15) is 14.0 Å². The maximum atomic E-state index is 12.9. The zero-order chi connectivity index (χ0) is 13.5. The van der Waals surface area contributed by atoms with Crippen molar-refractivity contribution in [1.29, 1.82) is 0 Å². The number of carbonyl (C=O) groups excluding carboxylic acids is 2. The first-order valence-corrected chi connectivity index (χ1v) is 6.55. The molecule has 1 saturated heterocycles. The summed E-state index contributed by atoms with van der Waals surface area (Å²) in [5.74, 6) is -0.591. The minimum atomic E-state index is -0.732. The minimum absolute atomic E-state index is 0.205. The van der Waals surface area contributed by atoms with Gasteiger partial charge in [-0.1, -0.05) is 19.3 Å². The number of amides is 3. The predicted octanol–water partition coefficient (Wildman–Crippen LogP) is 2.58. The summed E-state index contributed by atoms with van der Waals surface area (Å²) < 4.78 is 12.9. The molecule has 3 amide bonds. The molecule has 100 valence electrons. The Labute approximate surface area is 110 Å². The van der Waals surface area contributed by atoms with E-state index in [1.807, 2.05) is 0 Å². The van der Waals surface area contributed by atoms with Gasteiger partial charge in [0.1, 0.15) is 11.4 Å². The van der Waals surface area contributed by atoms with E-state index in [4.69, 9.17) is 0 Å². The third-order valence-corrected chi connectivity index (χ3v) is 3.95. The molecule has 4 nitrogen and oxygen atoms in total. The molecule has 1 aromatic carbocycles. The van der Waals surface area contributed by atoms with Crippen LogP contribution in [0.25, 0.3) is 0 Å². The van der Waals surface area contributed by atoms with Gasteiger partial charge in [-0.3, -0.25) is 4.79 Å². The standard InChI is InChI=1S/C14H15FN2O2/c15-10-4-6-11(7-5-10)17-12(18)14(16-13(17)19)8-2-1-3-9-14/h4-7H,1-3,8-9H2,(H,16,19). The first-order chi connectivity index (χ1) is 9.12. The van der Waals surface area contributed by atoms with Gasteiger partial charge in [0.2, 0.25) is 0 Å². The molecular weight excluding hydrogens is 247 g/mol. The Balaban J connectivity index is 1.92. The maximum absolute atomic E-state index is 12.9. The van der Waals surface area contributed by atoms with E-state index in [-0.39, 0.29) is 11.7 Å². The zero-order valence-corrected chi connectivity index (χ0v) is 10.5. The van der Waals surface area contributed by atoms with Crippen molar-refractivity contribution < 1.29 is 14.0 Å². The van der Waals surface area contributed by atoms with Gasteiger partial charge in [-0.25, -0.2) is 14.1 Å². The van der Waals surface area contributed by atoms with E-state index >= 15 is 0 Å². The average Bonchev–Trinajstić information content (AvgIpc) is 2.64. The number of urea groups is 1. The lowest BCUT2D eigenvalue weighted by Gasteiger charge is -2.30. The highest BCUT2D eigenvalue weighted by molar-refractivity contribution is 6.23. The van der Waals surface area contributed by atoms with E-state index in [2.05, 4.69) is 5.32 Å². The lowest BCUT2D eigenvalue weighted by molar-refractivity contribution is -0.123. The van der Waals surface area contributed by atoms with Crippen LogP contribution in [0.1, 0.15) is 32.1 Å². The van der Waals surface area contributed by atoms with Crippen LogP contribution < -0.4 is 10.2 Å². The van der Waals surface area contributed by atoms with Gasteiger partial charge in [-0.2, -0.15) is 0 Å². The summed E-state index contributed by atoms with van der Waals surface area (Å²) in [5, 5.41) is 2.83. The number of carbonyl (C=O) groups is 2. The Morgan fingerprint density at radius 3 is 2.32 bits per heavy atom. The lowest BCUT2D eigenvalue weighted by atomic mass is 9.82. The Bertz CT molecular complexity index is 521. The van der Waals surface area contributed by atoms with Crippen LogP contribution >= 0.6 is 0 Å². The van der Waals surface area contributed by atoms with Gasteiger partial charge in [-0.15, -0.1) is 0 Å². The normalized spacial score (nSPS) is 21.8. The lowest BCUT2D eigenvalue weighted by Crippen LogP contribution is -2.48. The highest BCUT2D eigenvalue weighted by atomic mass is 19.1. The van der Waals surface area contributed by atoms with Crippen molar-refractivity contribution in [2.24, 2.45) is 0 Å². The molecule has 1 saturated carbocycles. The van der Waals surface area contributed by atoms with Gasteiger partial charge in [0.25, 0.3) is 5.91 Å². The summed E-state index contributed by atoms with van der Waals surface area (Å²) in [6.07, 6.45) is 4.37. The van der Waals surface area contributed by atoms with Crippen LogP contribution in [0.3, 0.4) is 0 Å². The quantitative estimate of drug-likeness (QED) is 0.791. The van der Waals surface area contributed by atoms with Crippen LogP contribution in [0.4, 0.5) is 14.9 Å². The van der Waals surface area contributed by atoms with Crippen LogP contribution in [0.5, 0.6) is 0 Å². The van der Waals surface area contributed by atoms with Crippen molar-refractivity contribution in [3.63, 3.8) is 0 Å². The molecule has 0 bridgehead atoms. The van der Waals surface area contributed by atoms with Gasteiger partial charge < -0.3 is 5.32 Å². The second-order valence-electron chi connectivity index (χ2n) is 5.19. The third kappa shape index (κ3) is 1.89. The molecular formula is C14H15FN2O2. The third-order valence-electron chi connectivity index (χ3n) is 3.95. The van der Waals surface area contributed by atoms with Crippen molar-refractivity contribution >= 4 is 17.6 Å². The molecule has 1 spiro atoms. The minimum Gasteiger partial charge on any atom is -0.323 e. The number of imide groups is 1. The Hall–Kier alpha value is -1.91. The van der Waals surface area contributed by atoms with Gasteiger partial charge in [-0.05, 0) is 37.1 Å². The molecule has 3 rings (SSSR count). The van der Waals surface area contributed by atoms with Crippen molar-refractivity contribution in [1.82, 2.24) is 5.32 Å². The smallest absolute Gasteiger partial charge is 0.323 e. The maximum Gasteiger partial charge on any atom is 0.329 e. The molecule has 1 heterocycles. The summed E-state index contributed by atoms with van der Waals surface area (Å²) >= 11 is 0. The molecule has 5 heteroatoms. The average molecular weight is 262 g/mol. The van der Waals surface area contributed by atoms with Crippen molar-refractivity contribution in [2.75, 3.05) is 4.90 Å². The largest absolute Gasteiger partial charge is 0.329 e. The second kappa shape index (κ2) is 4.33. The SMILES string of the molecule is O=C1NC2(CCCCC2)C(=O)N1c1ccc(F)cc1. The number of hydrogen-bond acceptors (Lipinski definition) is 2. The van der Waals surface area contributed by atoms with Gasteiger partial charge in [0.05, 0.1) is 5.69 Å². The Kier molecular flexibility index (Phi) is 2.77. The topological polar surface area (TPSA) is 49.4 Å². The number of nitrogens with one attached hydrogen (secondary N) is 1. The van der Waals surface area contributed by atoms with E-state index in [1.165, 1.54) is 24.3 Å². The van der Waals surface area contributed by atoms with Crippen molar-refractivity contribution in [3.8, 4) is 0 Å². The Morgan fingerprint density at radius 1 is 1.05 bits per heavy atom. The predicted molar refractivity (Wildman–Crippen MR) is 68.2 cm³/mol. The first-order valence-electron chi connectivity index (χ1n) is 6.55. The number of nitrogens with zero attached hydrogens (tertiary/aromatic N) is 1. The molecule has 2 aliphatic rings. The van der Waals surface area contributed by atoms with Gasteiger partial charge in [0.15, 0.2) is 0 Å². The zero-order valence-electron chi connectivity index (χ0n) is 10.5. The highest BCUT2D eigenvalue weighted by Gasteiger charge is 2.51. The van der Waals surface area contributed by atoms with E-state index in [1.54, 1.807) is 0 Å². The summed E-state index contributed by atoms with van der Waals surface area (Å²) in [6.45, 7) is 0.